The first-order valence-electron chi connectivity index (χ1n) is 7.80. The summed E-state index contributed by atoms with van der Waals surface area (Å²) in [7, 11) is 1.51. The van der Waals surface area contributed by atoms with Gasteiger partial charge in [-0.05, 0) is 24.1 Å². The van der Waals surface area contributed by atoms with Gasteiger partial charge in [-0.25, -0.2) is 0 Å². The molecule has 0 saturated heterocycles. The third kappa shape index (κ3) is 7.02. The number of aromatic hydroxyl groups is 1. The Kier molecular flexibility index (Phi) is 8.32. The molecule has 1 rings (SSSR count). The highest BCUT2D eigenvalue weighted by molar-refractivity contribution is 5.75. The highest BCUT2D eigenvalue weighted by atomic mass is 16.5. The van der Waals surface area contributed by atoms with Crippen molar-refractivity contribution >= 4 is 5.91 Å². The fourth-order valence-electron chi connectivity index (χ4n) is 2.19. The van der Waals surface area contributed by atoms with Crippen LogP contribution in [0.2, 0.25) is 0 Å². The number of methoxy groups -OCH3 is 1. The Morgan fingerprint density at radius 3 is 2.67 bits per heavy atom. The average molecular weight is 294 g/mol. The standard InChI is InChI=1S/C17H27NO3/c1-3-4-5-6-7-8-9-17(20)18-13-14-10-11-15(19)16(12-14)21-2/h10-12,19H,3-9,13H2,1-2H3,(H,18,20)/p+1. The van der Waals surface area contributed by atoms with Crippen molar-refractivity contribution < 1.29 is 16.1 Å². The molecule has 21 heavy (non-hydrogen) atoms. The van der Waals surface area contributed by atoms with Crippen LogP contribution in [0.1, 0.15) is 58.9 Å². The van der Waals surface area contributed by atoms with Crippen LogP contribution in [0.25, 0.3) is 0 Å². The van der Waals surface area contributed by atoms with E-state index in [9.17, 15) is 9.90 Å². The molecule has 2 N–H and O–H groups in total. The molecule has 1 amide bonds. The first-order chi connectivity index (χ1) is 10.2. The van der Waals surface area contributed by atoms with Crippen molar-refractivity contribution in [1.82, 2.24) is 5.32 Å². The minimum absolute atomic E-state index is 0. The molecule has 118 valence electrons. The first-order valence-corrected chi connectivity index (χ1v) is 7.80. The number of phenols is 1. The summed E-state index contributed by atoms with van der Waals surface area (Å²) in [4.78, 5) is 11.7. The van der Waals surface area contributed by atoms with Gasteiger partial charge in [-0.15, -0.1) is 0 Å². The number of ether oxygens (including phenoxy) is 1. The molecule has 0 aliphatic heterocycles. The highest BCUT2D eigenvalue weighted by Gasteiger charge is 2.05. The van der Waals surface area contributed by atoms with E-state index in [1.807, 2.05) is 0 Å². The largest absolute Gasteiger partial charge is 1.00 e. The maximum Gasteiger partial charge on any atom is 1.00 e. The second-order valence-electron chi connectivity index (χ2n) is 5.30. The molecule has 0 unspecified atom stereocenters. The summed E-state index contributed by atoms with van der Waals surface area (Å²) in [5.74, 6) is 0.620. The number of hydrogen-bond acceptors (Lipinski definition) is 3. The molecule has 0 saturated carbocycles. The summed E-state index contributed by atoms with van der Waals surface area (Å²) in [5, 5.41) is 12.4. The maximum atomic E-state index is 11.7. The van der Waals surface area contributed by atoms with Crippen LogP contribution in [-0.4, -0.2) is 18.1 Å². The van der Waals surface area contributed by atoms with Crippen LogP contribution >= 0.6 is 0 Å². The van der Waals surface area contributed by atoms with Gasteiger partial charge in [0.2, 0.25) is 5.91 Å². The lowest BCUT2D eigenvalue weighted by molar-refractivity contribution is -0.121. The van der Waals surface area contributed by atoms with Gasteiger partial charge in [0.05, 0.1) is 7.11 Å². The van der Waals surface area contributed by atoms with Crippen molar-refractivity contribution in [3.05, 3.63) is 23.8 Å². The van der Waals surface area contributed by atoms with Crippen molar-refractivity contribution in [2.45, 2.75) is 58.4 Å². The lowest BCUT2D eigenvalue weighted by Crippen LogP contribution is -2.22. The monoisotopic (exact) mass is 294 g/mol. The van der Waals surface area contributed by atoms with Crippen LogP contribution in [-0.2, 0) is 11.3 Å². The highest BCUT2D eigenvalue weighted by Crippen LogP contribution is 2.26. The Bertz CT molecular complexity index is 438. The summed E-state index contributed by atoms with van der Waals surface area (Å²) < 4.78 is 5.04. The van der Waals surface area contributed by atoms with Crippen molar-refractivity contribution in [3.63, 3.8) is 0 Å². The quantitative estimate of drug-likeness (QED) is 0.644. The molecule has 1 aromatic rings. The fourth-order valence-corrected chi connectivity index (χ4v) is 2.19. The van der Waals surface area contributed by atoms with Crippen LogP contribution in [0, 0.1) is 0 Å². The van der Waals surface area contributed by atoms with Gasteiger partial charge in [0, 0.05) is 13.0 Å². The summed E-state index contributed by atoms with van der Waals surface area (Å²) in [6, 6.07) is 5.09. The van der Waals surface area contributed by atoms with E-state index < -0.39 is 0 Å². The number of carbonyl (C=O) groups is 1. The third-order valence-electron chi connectivity index (χ3n) is 3.49. The van der Waals surface area contributed by atoms with Gasteiger partial charge < -0.3 is 15.2 Å². The number of phenolic OH excluding ortho intramolecular Hbond substituents is 1. The van der Waals surface area contributed by atoms with Gasteiger partial charge in [0.15, 0.2) is 11.5 Å². The number of unbranched alkanes of at least 4 members (excludes halogenated alkanes) is 5. The summed E-state index contributed by atoms with van der Waals surface area (Å²) in [6.07, 6.45) is 7.68. The molecular weight excluding hydrogens is 266 g/mol. The maximum absolute atomic E-state index is 11.7. The molecule has 0 aromatic heterocycles. The second-order valence-corrected chi connectivity index (χ2v) is 5.30. The smallest absolute Gasteiger partial charge is 0.504 e. The molecule has 4 nitrogen and oxygen atoms in total. The van der Waals surface area contributed by atoms with Gasteiger partial charge in [0.1, 0.15) is 0 Å². The number of carbonyl (C=O) groups excluding carboxylic acids is 1. The number of rotatable bonds is 10. The Balaban J connectivity index is 0.00000441. The molecule has 0 bridgehead atoms. The van der Waals surface area contributed by atoms with E-state index >= 15 is 0 Å². The van der Waals surface area contributed by atoms with E-state index in [1.54, 1.807) is 18.2 Å². The lowest BCUT2D eigenvalue weighted by atomic mass is 10.1. The number of nitrogens with one attached hydrogen (secondary N) is 1. The molecule has 0 aliphatic rings. The second kappa shape index (κ2) is 10.1. The van der Waals surface area contributed by atoms with Gasteiger partial charge in [-0.3, -0.25) is 4.79 Å². The molecule has 1 aromatic carbocycles. The molecule has 0 fully saturated rings. The Hall–Kier alpha value is -1.71. The zero-order valence-corrected chi connectivity index (χ0v) is 13.2. The van der Waals surface area contributed by atoms with Crippen LogP contribution < -0.4 is 10.1 Å². The predicted octanol–water partition coefficient (Wildman–Crippen LogP) is 3.88. The van der Waals surface area contributed by atoms with E-state index in [0.29, 0.717) is 18.7 Å². The van der Waals surface area contributed by atoms with Crippen LogP contribution in [0.15, 0.2) is 18.2 Å². The van der Waals surface area contributed by atoms with Gasteiger partial charge in [-0.2, -0.15) is 0 Å². The molecule has 0 radical (unpaired) electrons. The van der Waals surface area contributed by atoms with Crippen molar-refractivity contribution in [2.75, 3.05) is 7.11 Å². The zero-order valence-electron chi connectivity index (χ0n) is 14.2. The molecule has 0 spiro atoms. The topological polar surface area (TPSA) is 58.6 Å². The minimum atomic E-state index is 0. The minimum Gasteiger partial charge on any atom is -0.504 e. The SMILES string of the molecule is CCCCCCCCC(=O)NCc1ccc(O)c(OC)c1.[H+]. The summed E-state index contributed by atoms with van der Waals surface area (Å²) in [6.45, 7) is 2.66. The molecule has 0 atom stereocenters. The predicted molar refractivity (Wildman–Crippen MR) is 85.6 cm³/mol. The zero-order chi connectivity index (χ0) is 15.5. The van der Waals surface area contributed by atoms with Crippen molar-refractivity contribution in [3.8, 4) is 11.5 Å². The molecule has 0 heterocycles. The van der Waals surface area contributed by atoms with E-state index in [1.165, 1.54) is 32.8 Å². The molecular formula is C17H28NO3+. The van der Waals surface area contributed by atoms with Crippen molar-refractivity contribution in [2.24, 2.45) is 0 Å². The van der Waals surface area contributed by atoms with E-state index in [0.717, 1.165) is 18.4 Å². The van der Waals surface area contributed by atoms with Gasteiger partial charge >= 0.3 is 1.43 Å². The van der Waals surface area contributed by atoms with Gasteiger partial charge in [-0.1, -0.05) is 45.1 Å². The summed E-state index contributed by atoms with van der Waals surface area (Å²) >= 11 is 0. The first kappa shape index (κ1) is 17.3. The van der Waals surface area contributed by atoms with Crippen LogP contribution in [0.4, 0.5) is 0 Å². The molecule has 0 aliphatic carbocycles. The number of benzene rings is 1. The Morgan fingerprint density at radius 1 is 1.24 bits per heavy atom. The van der Waals surface area contributed by atoms with Gasteiger partial charge in [0.25, 0.3) is 0 Å². The van der Waals surface area contributed by atoms with E-state index in [-0.39, 0.29) is 13.1 Å². The van der Waals surface area contributed by atoms with Crippen molar-refractivity contribution in [1.29, 1.82) is 0 Å². The van der Waals surface area contributed by atoms with E-state index in [4.69, 9.17) is 4.74 Å². The average Bonchev–Trinajstić information content (AvgIpc) is 2.50. The number of amides is 1. The van der Waals surface area contributed by atoms with E-state index in [2.05, 4.69) is 12.2 Å². The summed E-state index contributed by atoms with van der Waals surface area (Å²) in [5.41, 5.74) is 0.918. The Morgan fingerprint density at radius 2 is 1.95 bits per heavy atom. The fraction of sp³-hybridized carbons (Fsp3) is 0.588. The normalized spacial score (nSPS) is 10.4. The Labute approximate surface area is 129 Å². The third-order valence-corrected chi connectivity index (χ3v) is 3.49. The number of hydrogen-bond donors (Lipinski definition) is 2. The van der Waals surface area contributed by atoms with Crippen LogP contribution in [0.5, 0.6) is 11.5 Å². The van der Waals surface area contributed by atoms with Crippen LogP contribution in [0.3, 0.4) is 0 Å². The lowest BCUT2D eigenvalue weighted by Gasteiger charge is -2.08. The molecule has 4 heteroatoms.